The van der Waals surface area contributed by atoms with Crippen molar-refractivity contribution in [2.75, 3.05) is 45.0 Å². The van der Waals surface area contributed by atoms with Gasteiger partial charge in [-0.1, -0.05) is 0 Å². The normalized spacial score (nSPS) is 11.5. The topological polar surface area (TPSA) is 64.6 Å². The third kappa shape index (κ3) is 6.88. The summed E-state index contributed by atoms with van der Waals surface area (Å²) in [6.07, 6.45) is 3.19. The molecule has 6 heteroatoms. The quantitative estimate of drug-likeness (QED) is 0.669. The van der Waals surface area contributed by atoms with E-state index in [2.05, 4.69) is 5.32 Å². The van der Waals surface area contributed by atoms with Crippen molar-refractivity contribution in [2.24, 2.45) is 0 Å². The Morgan fingerprint density at radius 2 is 1.75 bits per heavy atom. The number of benzene rings is 1. The van der Waals surface area contributed by atoms with E-state index in [0.29, 0.717) is 18.1 Å². The zero-order valence-electron chi connectivity index (χ0n) is 12.1. The van der Waals surface area contributed by atoms with Crippen LogP contribution in [0.15, 0.2) is 29.2 Å². The first-order chi connectivity index (χ1) is 9.54. The lowest BCUT2D eigenvalue weighted by atomic mass is 10.3. The Hall–Kier alpha value is -1.11. The molecule has 0 bridgehead atoms. The maximum Gasteiger partial charge on any atom is 0.175 e. The van der Waals surface area contributed by atoms with Crippen LogP contribution < -0.4 is 5.32 Å². The van der Waals surface area contributed by atoms with Crippen molar-refractivity contribution in [2.45, 2.75) is 17.7 Å². The number of ether oxygens (including phenoxy) is 2. The van der Waals surface area contributed by atoms with Gasteiger partial charge in [0.1, 0.15) is 0 Å². The lowest BCUT2D eigenvalue weighted by molar-refractivity contribution is 0.0691. The molecule has 0 aliphatic heterocycles. The van der Waals surface area contributed by atoms with Gasteiger partial charge in [0.05, 0.1) is 18.1 Å². The zero-order valence-corrected chi connectivity index (χ0v) is 12.9. The smallest absolute Gasteiger partial charge is 0.175 e. The van der Waals surface area contributed by atoms with E-state index in [-0.39, 0.29) is 0 Å². The summed E-state index contributed by atoms with van der Waals surface area (Å²) in [6.45, 7) is 2.84. The van der Waals surface area contributed by atoms with Gasteiger partial charge in [0.2, 0.25) is 0 Å². The lowest BCUT2D eigenvalue weighted by Crippen LogP contribution is -2.06. The molecular weight excluding hydrogens is 278 g/mol. The van der Waals surface area contributed by atoms with Crippen LogP contribution in [0.4, 0.5) is 5.69 Å². The van der Waals surface area contributed by atoms with Gasteiger partial charge in [0.25, 0.3) is 0 Å². The first-order valence-electron chi connectivity index (χ1n) is 6.64. The number of sulfone groups is 1. The number of anilines is 1. The monoisotopic (exact) mass is 301 g/mol. The second kappa shape index (κ2) is 8.94. The first kappa shape index (κ1) is 16.9. The van der Waals surface area contributed by atoms with E-state index in [1.807, 2.05) is 0 Å². The Kier molecular flexibility index (Phi) is 7.58. The fraction of sp³-hybridized carbons (Fsp3) is 0.571. The predicted molar refractivity (Wildman–Crippen MR) is 80.0 cm³/mol. The molecule has 0 saturated heterocycles. The van der Waals surface area contributed by atoms with Crippen LogP contribution in [0.25, 0.3) is 0 Å². The minimum atomic E-state index is -3.11. The van der Waals surface area contributed by atoms with E-state index < -0.39 is 9.84 Å². The number of hydrogen-bond donors (Lipinski definition) is 1. The van der Waals surface area contributed by atoms with E-state index in [1.54, 1.807) is 31.4 Å². The molecule has 0 fully saturated rings. The van der Waals surface area contributed by atoms with Crippen molar-refractivity contribution in [3.8, 4) is 0 Å². The zero-order chi connectivity index (χ0) is 14.8. The van der Waals surface area contributed by atoms with E-state index in [0.717, 1.165) is 31.7 Å². The fourth-order valence-corrected chi connectivity index (χ4v) is 2.26. The average Bonchev–Trinajstić information content (AvgIpc) is 2.41. The molecule has 0 aromatic heterocycles. The molecule has 1 aromatic rings. The lowest BCUT2D eigenvalue weighted by Gasteiger charge is -2.07. The standard InChI is InChI=1S/C14H23NO4S/c1-18-11-12-19-10-4-3-9-15-13-5-7-14(8-6-13)20(2,16)17/h5-8,15H,3-4,9-12H2,1-2H3. The van der Waals surface area contributed by atoms with Gasteiger partial charge in [-0.05, 0) is 37.1 Å². The van der Waals surface area contributed by atoms with Gasteiger partial charge in [-0.3, -0.25) is 0 Å². The molecule has 0 saturated carbocycles. The van der Waals surface area contributed by atoms with Gasteiger partial charge in [-0.2, -0.15) is 0 Å². The van der Waals surface area contributed by atoms with E-state index in [9.17, 15) is 8.42 Å². The van der Waals surface area contributed by atoms with Crippen molar-refractivity contribution in [1.82, 2.24) is 0 Å². The Morgan fingerprint density at radius 3 is 2.35 bits per heavy atom. The van der Waals surface area contributed by atoms with Crippen LogP contribution in [0.5, 0.6) is 0 Å². The summed E-state index contributed by atoms with van der Waals surface area (Å²) >= 11 is 0. The third-order valence-electron chi connectivity index (χ3n) is 2.76. The van der Waals surface area contributed by atoms with Gasteiger partial charge in [0, 0.05) is 32.2 Å². The molecule has 5 nitrogen and oxygen atoms in total. The molecule has 114 valence electrons. The molecule has 0 radical (unpaired) electrons. The summed E-state index contributed by atoms with van der Waals surface area (Å²) in [5.41, 5.74) is 0.928. The van der Waals surface area contributed by atoms with Crippen molar-refractivity contribution in [3.05, 3.63) is 24.3 Å². The molecule has 0 atom stereocenters. The largest absolute Gasteiger partial charge is 0.385 e. The van der Waals surface area contributed by atoms with E-state index in [4.69, 9.17) is 9.47 Å². The van der Waals surface area contributed by atoms with E-state index >= 15 is 0 Å². The highest BCUT2D eigenvalue weighted by molar-refractivity contribution is 7.90. The Labute approximate surface area is 121 Å². The molecule has 1 aromatic carbocycles. The molecule has 20 heavy (non-hydrogen) atoms. The Balaban J connectivity index is 2.16. The molecule has 0 spiro atoms. The van der Waals surface area contributed by atoms with Crippen LogP contribution in [0, 0.1) is 0 Å². The second-order valence-corrected chi connectivity index (χ2v) is 6.55. The Bertz CT molecular complexity index is 470. The molecule has 0 aliphatic carbocycles. The summed E-state index contributed by atoms with van der Waals surface area (Å²) in [4.78, 5) is 0.342. The minimum absolute atomic E-state index is 0.342. The second-order valence-electron chi connectivity index (χ2n) is 4.54. The van der Waals surface area contributed by atoms with Crippen LogP contribution in [0.2, 0.25) is 0 Å². The molecule has 0 aliphatic rings. The summed E-state index contributed by atoms with van der Waals surface area (Å²) in [5.74, 6) is 0. The highest BCUT2D eigenvalue weighted by Crippen LogP contribution is 2.13. The van der Waals surface area contributed by atoms with Crippen LogP contribution in [0.3, 0.4) is 0 Å². The predicted octanol–water partition coefficient (Wildman–Crippen LogP) is 1.95. The average molecular weight is 301 g/mol. The summed E-state index contributed by atoms with van der Waals surface area (Å²) in [5, 5.41) is 3.25. The van der Waals surface area contributed by atoms with Crippen molar-refractivity contribution < 1.29 is 17.9 Å². The number of hydrogen-bond acceptors (Lipinski definition) is 5. The molecule has 1 rings (SSSR count). The summed E-state index contributed by atoms with van der Waals surface area (Å²) < 4.78 is 32.9. The molecule has 1 N–H and O–H groups in total. The number of nitrogens with one attached hydrogen (secondary N) is 1. The van der Waals surface area contributed by atoms with Crippen molar-refractivity contribution >= 4 is 15.5 Å². The minimum Gasteiger partial charge on any atom is -0.385 e. The number of unbranched alkanes of at least 4 members (excludes halogenated alkanes) is 1. The number of rotatable bonds is 10. The maximum atomic E-state index is 11.3. The van der Waals surface area contributed by atoms with Gasteiger partial charge >= 0.3 is 0 Å². The van der Waals surface area contributed by atoms with Gasteiger partial charge in [-0.15, -0.1) is 0 Å². The fourth-order valence-electron chi connectivity index (χ4n) is 1.63. The van der Waals surface area contributed by atoms with Gasteiger partial charge < -0.3 is 14.8 Å². The van der Waals surface area contributed by atoms with E-state index in [1.165, 1.54) is 6.26 Å². The highest BCUT2D eigenvalue weighted by atomic mass is 32.2. The summed E-state index contributed by atoms with van der Waals surface area (Å²) in [7, 11) is -1.46. The molecule has 0 amide bonds. The van der Waals surface area contributed by atoms with Crippen molar-refractivity contribution in [3.63, 3.8) is 0 Å². The number of methoxy groups -OCH3 is 1. The summed E-state index contributed by atoms with van der Waals surface area (Å²) in [6, 6.07) is 6.80. The van der Waals surface area contributed by atoms with Crippen LogP contribution in [0.1, 0.15) is 12.8 Å². The van der Waals surface area contributed by atoms with Crippen LogP contribution in [-0.2, 0) is 19.3 Å². The molecule has 0 heterocycles. The van der Waals surface area contributed by atoms with Gasteiger partial charge in [-0.25, -0.2) is 8.42 Å². The molecule has 0 unspecified atom stereocenters. The third-order valence-corrected chi connectivity index (χ3v) is 3.89. The van der Waals surface area contributed by atoms with Crippen LogP contribution >= 0.6 is 0 Å². The van der Waals surface area contributed by atoms with Crippen molar-refractivity contribution in [1.29, 1.82) is 0 Å². The maximum absolute atomic E-state index is 11.3. The first-order valence-corrected chi connectivity index (χ1v) is 8.54. The highest BCUT2D eigenvalue weighted by Gasteiger charge is 2.05. The van der Waals surface area contributed by atoms with Crippen LogP contribution in [-0.4, -0.2) is 48.1 Å². The molecular formula is C14H23NO4S. The Morgan fingerprint density at radius 1 is 1.05 bits per heavy atom. The SMILES string of the molecule is COCCOCCCCNc1ccc(S(C)(=O)=O)cc1. The van der Waals surface area contributed by atoms with Gasteiger partial charge in [0.15, 0.2) is 9.84 Å².